The first-order chi connectivity index (χ1) is 15.7. The molecule has 0 atom stereocenters. The van der Waals surface area contributed by atoms with Crippen LogP contribution in [-0.4, -0.2) is 50.9 Å². The molecule has 0 saturated heterocycles. The summed E-state index contributed by atoms with van der Waals surface area (Å²) in [5.74, 6) is 1.10. The molecule has 0 saturated carbocycles. The lowest BCUT2D eigenvalue weighted by Gasteiger charge is -2.10. The molecule has 0 bridgehead atoms. The second kappa shape index (κ2) is 10.5. The summed E-state index contributed by atoms with van der Waals surface area (Å²) in [5, 5.41) is 15.0. The average molecular weight is 467 g/mol. The number of thioether (sulfide) groups is 1. The maximum Gasteiger partial charge on any atom is 0.270 e. The van der Waals surface area contributed by atoms with Gasteiger partial charge in [-0.15, -0.1) is 21.5 Å². The molecule has 0 fully saturated rings. The van der Waals surface area contributed by atoms with Crippen molar-refractivity contribution in [2.45, 2.75) is 17.8 Å². The molecule has 164 valence electrons. The summed E-state index contributed by atoms with van der Waals surface area (Å²) in [7, 11) is 1.60. The largest absolute Gasteiger partial charge is 0.383 e. The summed E-state index contributed by atoms with van der Waals surface area (Å²) in [6.07, 6.45) is 3.51. The lowest BCUT2D eigenvalue weighted by molar-refractivity contribution is 0.0932. The molecule has 3 heterocycles. The van der Waals surface area contributed by atoms with E-state index in [0.717, 1.165) is 27.2 Å². The predicted molar refractivity (Wildman–Crippen MR) is 125 cm³/mol. The van der Waals surface area contributed by atoms with Crippen LogP contribution in [0.3, 0.4) is 0 Å². The van der Waals surface area contributed by atoms with Gasteiger partial charge in [-0.3, -0.25) is 14.3 Å². The number of hydrogen-bond acceptors (Lipinski definition) is 8. The number of rotatable bonds is 9. The molecule has 0 radical (unpaired) electrons. The molecule has 1 amide bonds. The minimum atomic E-state index is -0.198. The molecule has 0 aliphatic carbocycles. The van der Waals surface area contributed by atoms with Crippen LogP contribution < -0.4 is 5.32 Å². The van der Waals surface area contributed by atoms with Crippen molar-refractivity contribution in [2.24, 2.45) is 0 Å². The molecule has 4 aromatic rings. The lowest BCUT2D eigenvalue weighted by Crippen LogP contribution is -2.27. The Bertz CT molecular complexity index is 1170. The second-order valence-electron chi connectivity index (χ2n) is 6.88. The first-order valence-electron chi connectivity index (χ1n) is 9.93. The van der Waals surface area contributed by atoms with Crippen LogP contribution in [0.25, 0.3) is 17.1 Å². The number of thiazole rings is 1. The van der Waals surface area contributed by atoms with Gasteiger partial charge >= 0.3 is 0 Å². The van der Waals surface area contributed by atoms with E-state index < -0.39 is 0 Å². The van der Waals surface area contributed by atoms with E-state index in [0.29, 0.717) is 24.6 Å². The molecule has 0 aliphatic rings. The van der Waals surface area contributed by atoms with Crippen LogP contribution in [0.4, 0.5) is 0 Å². The van der Waals surface area contributed by atoms with E-state index in [1.54, 1.807) is 24.9 Å². The number of benzene rings is 1. The Hall–Kier alpha value is -3.08. The number of methoxy groups -OCH3 is 1. The Labute approximate surface area is 194 Å². The normalized spacial score (nSPS) is 10.9. The van der Waals surface area contributed by atoms with Gasteiger partial charge in [0.25, 0.3) is 5.91 Å². The molecule has 0 unspecified atom stereocenters. The molecule has 1 aromatic carbocycles. The van der Waals surface area contributed by atoms with Gasteiger partial charge in [0.2, 0.25) is 0 Å². The highest BCUT2D eigenvalue weighted by Crippen LogP contribution is 2.30. The summed E-state index contributed by atoms with van der Waals surface area (Å²) in [4.78, 5) is 20.8. The van der Waals surface area contributed by atoms with Crippen LogP contribution in [0.5, 0.6) is 0 Å². The van der Waals surface area contributed by atoms with Crippen molar-refractivity contribution in [2.75, 3.05) is 20.3 Å². The second-order valence-corrected chi connectivity index (χ2v) is 8.77. The van der Waals surface area contributed by atoms with Crippen molar-refractivity contribution in [1.82, 2.24) is 30.0 Å². The molecular weight excluding hydrogens is 444 g/mol. The predicted octanol–water partition coefficient (Wildman–Crippen LogP) is 3.76. The molecule has 32 heavy (non-hydrogen) atoms. The number of carbonyl (C=O) groups is 1. The average Bonchev–Trinajstić information content (AvgIpc) is 3.46. The van der Waals surface area contributed by atoms with Gasteiger partial charge in [-0.1, -0.05) is 29.5 Å². The third kappa shape index (κ3) is 5.21. The van der Waals surface area contributed by atoms with E-state index in [1.165, 1.54) is 28.7 Å². The topological polar surface area (TPSA) is 94.8 Å². The number of pyridine rings is 1. The number of hydrogen-bond donors (Lipinski definition) is 1. The monoisotopic (exact) mass is 466 g/mol. The third-order valence-electron chi connectivity index (χ3n) is 4.55. The summed E-state index contributed by atoms with van der Waals surface area (Å²) in [6, 6.07) is 12.1. The van der Waals surface area contributed by atoms with Crippen LogP contribution in [0, 0.1) is 6.92 Å². The van der Waals surface area contributed by atoms with Gasteiger partial charge in [0.15, 0.2) is 11.0 Å². The Morgan fingerprint density at radius 1 is 1.22 bits per heavy atom. The fraction of sp³-hybridized carbons (Fsp3) is 0.227. The van der Waals surface area contributed by atoms with Gasteiger partial charge in [-0.2, -0.15) is 0 Å². The van der Waals surface area contributed by atoms with E-state index in [-0.39, 0.29) is 5.91 Å². The highest BCUT2D eigenvalue weighted by Gasteiger charge is 2.17. The Balaban J connectivity index is 1.55. The zero-order chi connectivity index (χ0) is 22.3. The number of aryl methyl sites for hydroxylation is 1. The lowest BCUT2D eigenvalue weighted by atomic mass is 10.2. The van der Waals surface area contributed by atoms with Gasteiger partial charge < -0.3 is 10.1 Å². The van der Waals surface area contributed by atoms with Crippen LogP contribution in [0.2, 0.25) is 0 Å². The van der Waals surface area contributed by atoms with Crippen molar-refractivity contribution < 1.29 is 9.53 Å². The van der Waals surface area contributed by atoms with Crippen LogP contribution in [0.15, 0.2) is 59.3 Å². The van der Waals surface area contributed by atoms with Gasteiger partial charge in [0.1, 0.15) is 10.7 Å². The quantitative estimate of drug-likeness (QED) is 0.296. The first-order valence-corrected chi connectivity index (χ1v) is 11.8. The molecule has 8 nitrogen and oxygen atoms in total. The van der Waals surface area contributed by atoms with E-state index in [4.69, 9.17) is 4.74 Å². The number of nitrogens with one attached hydrogen (secondary N) is 1. The molecule has 3 aromatic heterocycles. The fourth-order valence-corrected chi connectivity index (χ4v) is 4.68. The van der Waals surface area contributed by atoms with Crippen molar-refractivity contribution in [3.63, 3.8) is 0 Å². The number of nitrogens with zero attached hydrogens (tertiary/aromatic N) is 5. The maximum atomic E-state index is 12.2. The summed E-state index contributed by atoms with van der Waals surface area (Å²) in [6.45, 7) is 2.97. The van der Waals surface area contributed by atoms with E-state index in [1.807, 2.05) is 16.7 Å². The Kier molecular flexibility index (Phi) is 7.25. The highest BCUT2D eigenvalue weighted by molar-refractivity contribution is 7.98. The molecule has 4 rings (SSSR count). The fourth-order valence-electron chi connectivity index (χ4n) is 2.94. The SMILES string of the molecule is COCCNC(=O)c1csc(CSc2nnc(-c3cccnc3)n2-c2ccc(C)cc2)n1. The standard InChI is InChI=1S/C22H22N6O2S2/c1-15-5-7-17(8-6-15)28-20(16-4-3-9-23-12-16)26-27-22(28)32-14-19-25-18(13-31-19)21(29)24-10-11-30-2/h3-9,12-13H,10-11,14H2,1-2H3,(H,24,29). The Morgan fingerprint density at radius 3 is 2.81 bits per heavy atom. The molecule has 10 heteroatoms. The Morgan fingerprint density at radius 2 is 2.06 bits per heavy atom. The van der Waals surface area contributed by atoms with Crippen molar-refractivity contribution in [3.05, 3.63) is 70.4 Å². The molecule has 0 aliphatic heterocycles. The third-order valence-corrected chi connectivity index (χ3v) is 6.52. The number of amides is 1. The molecule has 1 N–H and O–H groups in total. The van der Waals surface area contributed by atoms with Crippen LogP contribution in [-0.2, 0) is 10.5 Å². The maximum absolute atomic E-state index is 12.2. The zero-order valence-electron chi connectivity index (χ0n) is 17.7. The highest BCUT2D eigenvalue weighted by atomic mass is 32.2. The summed E-state index contributed by atoms with van der Waals surface area (Å²) >= 11 is 2.98. The van der Waals surface area contributed by atoms with Gasteiger partial charge in [0, 0.05) is 42.7 Å². The molecule has 0 spiro atoms. The summed E-state index contributed by atoms with van der Waals surface area (Å²) in [5.41, 5.74) is 3.45. The van der Waals surface area contributed by atoms with Crippen LogP contribution >= 0.6 is 23.1 Å². The zero-order valence-corrected chi connectivity index (χ0v) is 19.3. The van der Waals surface area contributed by atoms with E-state index >= 15 is 0 Å². The first kappa shape index (κ1) is 22.1. The minimum absolute atomic E-state index is 0.198. The number of ether oxygens (including phenoxy) is 1. The van der Waals surface area contributed by atoms with Crippen molar-refractivity contribution >= 4 is 29.0 Å². The van der Waals surface area contributed by atoms with E-state index in [9.17, 15) is 4.79 Å². The minimum Gasteiger partial charge on any atom is -0.383 e. The number of aromatic nitrogens is 5. The molecular formula is C22H22N6O2S2. The number of carbonyl (C=O) groups excluding carboxylic acids is 1. The van der Waals surface area contributed by atoms with Crippen molar-refractivity contribution in [1.29, 1.82) is 0 Å². The van der Waals surface area contributed by atoms with Gasteiger partial charge in [-0.05, 0) is 31.2 Å². The van der Waals surface area contributed by atoms with Gasteiger partial charge in [-0.25, -0.2) is 4.98 Å². The van der Waals surface area contributed by atoms with E-state index in [2.05, 4.69) is 56.7 Å². The summed E-state index contributed by atoms with van der Waals surface area (Å²) < 4.78 is 6.97. The van der Waals surface area contributed by atoms with Crippen molar-refractivity contribution in [3.8, 4) is 17.1 Å². The smallest absolute Gasteiger partial charge is 0.270 e. The van der Waals surface area contributed by atoms with Gasteiger partial charge in [0.05, 0.1) is 12.4 Å². The van der Waals surface area contributed by atoms with Crippen LogP contribution in [0.1, 0.15) is 21.1 Å².